The van der Waals surface area contributed by atoms with Crippen LogP contribution < -0.4 is 10.2 Å². The highest BCUT2D eigenvalue weighted by Crippen LogP contribution is 2.35. The molecule has 3 heterocycles. The Kier molecular flexibility index (Phi) is 7.45. The lowest BCUT2D eigenvalue weighted by molar-refractivity contribution is -0.153. The van der Waals surface area contributed by atoms with Crippen molar-refractivity contribution in [2.75, 3.05) is 31.1 Å². The molecule has 7 nitrogen and oxygen atoms in total. The number of benzene rings is 1. The van der Waals surface area contributed by atoms with Crippen molar-refractivity contribution in [2.45, 2.75) is 33.1 Å². The summed E-state index contributed by atoms with van der Waals surface area (Å²) < 4.78 is 5.28. The number of esters is 1. The Morgan fingerprint density at radius 1 is 1.18 bits per heavy atom. The van der Waals surface area contributed by atoms with Crippen molar-refractivity contribution in [2.24, 2.45) is 5.92 Å². The Balaban J connectivity index is 1.22. The van der Waals surface area contributed by atoms with Crippen molar-refractivity contribution < 1.29 is 14.3 Å². The number of hydrogen-bond donors (Lipinski definition) is 1. The molecule has 33 heavy (non-hydrogen) atoms. The molecule has 0 spiro atoms. The Labute approximate surface area is 202 Å². The first-order valence-electron chi connectivity index (χ1n) is 11.1. The van der Waals surface area contributed by atoms with E-state index in [2.05, 4.69) is 34.0 Å². The first-order valence-corrected chi connectivity index (χ1v) is 12.2. The molecule has 174 valence electrons. The molecule has 1 amide bonds. The smallest absolute Gasteiger partial charge is 0.309 e. The third-order valence-electron chi connectivity index (χ3n) is 6.07. The Morgan fingerprint density at radius 2 is 1.91 bits per heavy atom. The molecule has 0 saturated carbocycles. The van der Waals surface area contributed by atoms with Gasteiger partial charge in [-0.05, 0) is 56.4 Å². The van der Waals surface area contributed by atoms with Crippen LogP contribution in [0.25, 0.3) is 10.2 Å². The summed E-state index contributed by atoms with van der Waals surface area (Å²) in [5.74, 6) is 0.138. The Morgan fingerprint density at radius 3 is 2.64 bits per heavy atom. The molecule has 0 atom stereocenters. The van der Waals surface area contributed by atoms with Gasteiger partial charge in [-0.1, -0.05) is 23.7 Å². The number of anilines is 1. The highest BCUT2D eigenvalue weighted by Gasteiger charge is 2.28. The van der Waals surface area contributed by atoms with E-state index in [0.717, 1.165) is 21.6 Å². The van der Waals surface area contributed by atoms with Gasteiger partial charge < -0.3 is 15.0 Å². The number of hydrogen-bond acceptors (Lipinski definition) is 7. The van der Waals surface area contributed by atoms with E-state index in [9.17, 15) is 9.59 Å². The van der Waals surface area contributed by atoms with Gasteiger partial charge in [-0.2, -0.15) is 0 Å². The summed E-state index contributed by atoms with van der Waals surface area (Å²) in [4.78, 5) is 37.9. The highest BCUT2D eigenvalue weighted by atomic mass is 35.5. The number of rotatable bonds is 7. The number of halogens is 1. The molecular weight excluding hydrogens is 460 g/mol. The van der Waals surface area contributed by atoms with Gasteiger partial charge in [0.2, 0.25) is 0 Å². The maximum absolute atomic E-state index is 12.5. The first-order chi connectivity index (χ1) is 15.9. The Hall–Kier alpha value is -2.71. The van der Waals surface area contributed by atoms with Crippen LogP contribution in [0.2, 0.25) is 5.02 Å². The first kappa shape index (κ1) is 23.4. The maximum Gasteiger partial charge on any atom is 0.309 e. The van der Waals surface area contributed by atoms with Gasteiger partial charge in [-0.25, -0.2) is 9.97 Å². The monoisotopic (exact) mass is 486 g/mol. The number of piperidine rings is 1. The number of nitrogens with zero attached hydrogens (tertiary/aromatic N) is 3. The van der Waals surface area contributed by atoms with Gasteiger partial charge in [0.15, 0.2) is 6.61 Å². The van der Waals surface area contributed by atoms with Crippen molar-refractivity contribution in [1.82, 2.24) is 15.3 Å². The SMILES string of the molecule is Cc1sc2ncnc(N3CCC(C(=O)OCC(=O)NCCc4ccc(Cl)cc4)CC3)c2c1C. The topological polar surface area (TPSA) is 84.4 Å². The summed E-state index contributed by atoms with van der Waals surface area (Å²) >= 11 is 7.56. The van der Waals surface area contributed by atoms with E-state index in [0.29, 0.717) is 43.9 Å². The molecule has 1 saturated heterocycles. The van der Waals surface area contributed by atoms with Gasteiger partial charge in [0.25, 0.3) is 5.91 Å². The average Bonchev–Trinajstić information content (AvgIpc) is 3.12. The fourth-order valence-electron chi connectivity index (χ4n) is 4.03. The molecule has 2 aromatic heterocycles. The minimum atomic E-state index is -0.308. The quantitative estimate of drug-likeness (QED) is 0.506. The number of ether oxygens (including phenoxy) is 1. The molecule has 1 N–H and O–H groups in total. The van der Waals surface area contributed by atoms with Crippen LogP contribution in [0.3, 0.4) is 0 Å². The van der Waals surface area contributed by atoms with Crippen LogP contribution in [-0.2, 0) is 20.7 Å². The van der Waals surface area contributed by atoms with Crippen molar-refractivity contribution in [1.29, 1.82) is 0 Å². The van der Waals surface area contributed by atoms with Crippen molar-refractivity contribution in [3.63, 3.8) is 0 Å². The largest absolute Gasteiger partial charge is 0.455 e. The van der Waals surface area contributed by atoms with Crippen molar-refractivity contribution in [3.05, 3.63) is 51.6 Å². The van der Waals surface area contributed by atoms with E-state index in [1.807, 2.05) is 24.3 Å². The molecular formula is C24H27ClN4O3S. The van der Waals surface area contributed by atoms with Gasteiger partial charge >= 0.3 is 5.97 Å². The summed E-state index contributed by atoms with van der Waals surface area (Å²) in [5.41, 5.74) is 2.30. The minimum absolute atomic E-state index is 0.203. The number of carbonyl (C=O) groups excluding carboxylic acids is 2. The summed E-state index contributed by atoms with van der Waals surface area (Å²) in [6, 6.07) is 7.49. The highest BCUT2D eigenvalue weighted by molar-refractivity contribution is 7.18. The van der Waals surface area contributed by atoms with E-state index >= 15 is 0 Å². The summed E-state index contributed by atoms with van der Waals surface area (Å²) in [7, 11) is 0. The third kappa shape index (κ3) is 5.62. The number of aryl methyl sites for hydroxylation is 2. The van der Waals surface area contributed by atoms with Gasteiger partial charge in [0, 0.05) is 29.5 Å². The fourth-order valence-corrected chi connectivity index (χ4v) is 5.15. The molecule has 1 fully saturated rings. The second-order valence-corrected chi connectivity index (χ2v) is 9.90. The second kappa shape index (κ2) is 10.5. The number of carbonyl (C=O) groups is 2. The molecule has 4 rings (SSSR count). The molecule has 1 aromatic carbocycles. The molecule has 3 aromatic rings. The normalized spacial score (nSPS) is 14.5. The van der Waals surface area contributed by atoms with Crippen LogP contribution in [0, 0.1) is 19.8 Å². The van der Waals surface area contributed by atoms with Crippen LogP contribution in [-0.4, -0.2) is 48.1 Å². The van der Waals surface area contributed by atoms with Crippen LogP contribution in [0.5, 0.6) is 0 Å². The molecule has 0 unspecified atom stereocenters. The number of amides is 1. The number of aromatic nitrogens is 2. The van der Waals surface area contributed by atoms with E-state index in [1.165, 1.54) is 10.4 Å². The standard InChI is InChI=1S/C24H27ClN4O3S/c1-15-16(2)33-23-21(15)22(27-14-28-23)29-11-8-18(9-12-29)24(31)32-13-20(30)26-10-7-17-3-5-19(25)6-4-17/h3-6,14,18H,7-13H2,1-2H3,(H,26,30). The summed E-state index contributed by atoms with van der Waals surface area (Å²) in [6.45, 7) is 5.86. The lowest BCUT2D eigenvalue weighted by atomic mass is 9.97. The van der Waals surface area contributed by atoms with E-state index in [4.69, 9.17) is 16.3 Å². The van der Waals surface area contributed by atoms with Gasteiger partial charge in [0.05, 0.1) is 11.3 Å². The van der Waals surface area contributed by atoms with Crippen molar-refractivity contribution >= 4 is 50.8 Å². The lowest BCUT2D eigenvalue weighted by Crippen LogP contribution is -2.38. The van der Waals surface area contributed by atoms with Gasteiger partial charge in [-0.3, -0.25) is 9.59 Å². The van der Waals surface area contributed by atoms with E-state index in [-0.39, 0.29) is 24.4 Å². The average molecular weight is 487 g/mol. The zero-order valence-electron chi connectivity index (χ0n) is 18.8. The van der Waals surface area contributed by atoms with Gasteiger partial charge in [-0.15, -0.1) is 11.3 Å². The fraction of sp³-hybridized carbons (Fsp3) is 0.417. The molecule has 0 radical (unpaired) electrons. The summed E-state index contributed by atoms with van der Waals surface area (Å²) in [6.07, 6.45) is 3.64. The third-order valence-corrected chi connectivity index (χ3v) is 7.44. The lowest BCUT2D eigenvalue weighted by Gasteiger charge is -2.32. The van der Waals surface area contributed by atoms with E-state index < -0.39 is 0 Å². The molecule has 0 aliphatic carbocycles. The zero-order valence-corrected chi connectivity index (χ0v) is 20.3. The summed E-state index contributed by atoms with van der Waals surface area (Å²) in [5, 5.41) is 4.58. The molecule has 1 aliphatic heterocycles. The predicted octanol–water partition coefficient (Wildman–Crippen LogP) is 4.08. The predicted molar refractivity (Wildman–Crippen MR) is 131 cm³/mol. The van der Waals surface area contributed by atoms with Crippen LogP contribution in [0.1, 0.15) is 28.8 Å². The minimum Gasteiger partial charge on any atom is -0.455 e. The molecule has 1 aliphatic rings. The van der Waals surface area contributed by atoms with Crippen molar-refractivity contribution in [3.8, 4) is 0 Å². The molecule has 9 heteroatoms. The van der Waals surface area contributed by atoms with Crippen LogP contribution >= 0.6 is 22.9 Å². The number of nitrogens with one attached hydrogen (secondary N) is 1. The van der Waals surface area contributed by atoms with Crippen LogP contribution in [0.15, 0.2) is 30.6 Å². The zero-order chi connectivity index (χ0) is 23.4. The number of fused-ring (bicyclic) bond motifs is 1. The maximum atomic E-state index is 12.5. The second-order valence-electron chi connectivity index (χ2n) is 8.26. The van der Waals surface area contributed by atoms with Crippen LogP contribution in [0.4, 0.5) is 5.82 Å². The van der Waals surface area contributed by atoms with Gasteiger partial charge in [0.1, 0.15) is 17.0 Å². The van der Waals surface area contributed by atoms with E-state index in [1.54, 1.807) is 17.7 Å². The number of thiophene rings is 1. The molecule has 0 bridgehead atoms. The Bertz CT molecular complexity index is 1140.